The standard InChI is InChI=1S/C50H39N4S/c1-52(40-20-10-4-11-21-40)42-32-28-38(29-33-42)47(39-30-34-43(35-31-39)53(2)41-22-12-5-13-23-41)49-48(37-18-8-3-9-19-37)46(36-51)50(55-49)54(44-24-14-6-15-25-44)45-26-16-7-17-27-45/h3-35H,1-2H3/q+1. The summed E-state index contributed by atoms with van der Waals surface area (Å²) in [5, 5.41) is 12.0. The highest BCUT2D eigenvalue weighted by atomic mass is 32.1. The molecule has 1 aliphatic carbocycles. The van der Waals surface area contributed by atoms with Gasteiger partial charge in [0.15, 0.2) is 0 Å². The van der Waals surface area contributed by atoms with Crippen LogP contribution in [0.15, 0.2) is 206 Å². The lowest BCUT2D eigenvalue weighted by molar-refractivity contribution is -0.403. The van der Waals surface area contributed by atoms with E-state index in [4.69, 9.17) is 0 Å². The Kier molecular flexibility index (Phi) is 10.2. The molecule has 1 aromatic heterocycles. The van der Waals surface area contributed by atoms with Crippen molar-refractivity contribution in [3.8, 4) is 17.2 Å². The molecule has 5 heteroatoms. The zero-order chi connectivity index (χ0) is 37.6. The number of anilines is 5. The maximum atomic E-state index is 11.2. The zero-order valence-corrected chi connectivity index (χ0v) is 31.6. The van der Waals surface area contributed by atoms with Crippen LogP contribution in [-0.2, 0) is 0 Å². The predicted octanol–water partition coefficient (Wildman–Crippen LogP) is 12.9. The van der Waals surface area contributed by atoms with Crippen LogP contribution in [0.3, 0.4) is 0 Å². The van der Waals surface area contributed by atoms with E-state index in [2.05, 4.69) is 168 Å². The summed E-state index contributed by atoms with van der Waals surface area (Å²) in [7, 11) is 4.19. The second-order valence-corrected chi connectivity index (χ2v) is 14.2. The van der Waals surface area contributed by atoms with E-state index in [1.807, 2.05) is 66.7 Å². The minimum absolute atomic E-state index is 0.636. The fourth-order valence-corrected chi connectivity index (χ4v) is 8.41. The molecule has 55 heavy (non-hydrogen) atoms. The maximum Gasteiger partial charge on any atom is 0.205 e. The number of allylic oxidation sites excluding steroid dienone is 5. The third-order valence-electron chi connectivity index (χ3n) is 9.90. The van der Waals surface area contributed by atoms with Crippen LogP contribution in [0, 0.1) is 11.3 Å². The summed E-state index contributed by atoms with van der Waals surface area (Å²) >= 11 is 1.66. The fourth-order valence-electron chi connectivity index (χ4n) is 7.01. The second kappa shape index (κ2) is 15.9. The highest BCUT2D eigenvalue weighted by Crippen LogP contribution is 2.51. The molecule has 0 saturated carbocycles. The van der Waals surface area contributed by atoms with Crippen molar-refractivity contribution in [3.63, 3.8) is 0 Å². The molecule has 4 nitrogen and oxygen atoms in total. The van der Waals surface area contributed by atoms with Gasteiger partial charge < -0.3 is 9.80 Å². The Hall–Kier alpha value is -7.00. The van der Waals surface area contributed by atoms with Crippen LogP contribution in [0.1, 0.15) is 16.0 Å². The molecule has 7 aromatic rings. The number of benzene rings is 6. The van der Waals surface area contributed by atoms with Gasteiger partial charge in [0, 0.05) is 70.1 Å². The van der Waals surface area contributed by atoms with Gasteiger partial charge >= 0.3 is 0 Å². The van der Waals surface area contributed by atoms with Gasteiger partial charge in [-0.15, -0.1) is 11.3 Å². The van der Waals surface area contributed by atoms with E-state index >= 15 is 0 Å². The summed E-state index contributed by atoms with van der Waals surface area (Å²) in [5.41, 5.74) is 12.1. The number of nitrogens with zero attached hydrogens (tertiary/aromatic N) is 4. The fraction of sp³-hybridized carbons (Fsp3) is 0.0400. The lowest BCUT2D eigenvalue weighted by Gasteiger charge is -2.24. The van der Waals surface area contributed by atoms with Gasteiger partial charge in [0.05, 0.1) is 5.56 Å². The molecule has 0 atom stereocenters. The molecule has 0 radical (unpaired) electrons. The van der Waals surface area contributed by atoms with Crippen LogP contribution in [0.2, 0.25) is 0 Å². The molecule has 0 N–H and O–H groups in total. The zero-order valence-electron chi connectivity index (χ0n) is 30.7. The first-order valence-electron chi connectivity index (χ1n) is 18.3. The Bertz CT molecular complexity index is 2520. The quantitative estimate of drug-likeness (QED) is 0.139. The summed E-state index contributed by atoms with van der Waals surface area (Å²) in [6.45, 7) is 0. The Labute approximate surface area is 327 Å². The first kappa shape index (κ1) is 35.1. The Balaban J connectivity index is 1.37. The molecule has 6 aromatic carbocycles. The predicted molar refractivity (Wildman–Crippen MR) is 232 cm³/mol. The van der Waals surface area contributed by atoms with E-state index in [0.717, 1.165) is 71.9 Å². The van der Waals surface area contributed by atoms with Crippen molar-refractivity contribution in [1.29, 1.82) is 5.26 Å². The number of rotatable bonds is 9. The molecular weight excluding hydrogens is 689 g/mol. The van der Waals surface area contributed by atoms with Gasteiger partial charge in [-0.25, -0.2) is 0 Å². The van der Waals surface area contributed by atoms with Crippen LogP contribution < -0.4 is 9.80 Å². The molecule has 0 unspecified atom stereocenters. The normalized spacial score (nSPS) is 11.9. The molecule has 0 amide bonds. The van der Waals surface area contributed by atoms with Gasteiger partial charge in [-0.1, -0.05) is 115 Å². The summed E-state index contributed by atoms with van der Waals surface area (Å²) in [4.78, 5) is 5.44. The maximum absolute atomic E-state index is 11.2. The molecule has 0 saturated heterocycles. The van der Waals surface area contributed by atoms with Gasteiger partial charge in [-0.2, -0.15) is 9.84 Å². The average Bonchev–Trinajstić information content (AvgIpc) is 3.63. The lowest BCUT2D eigenvalue weighted by atomic mass is 9.90. The molecule has 0 fully saturated rings. The summed E-state index contributed by atoms with van der Waals surface area (Å²) < 4.78 is 2.20. The molecule has 0 aliphatic heterocycles. The third kappa shape index (κ3) is 7.20. The van der Waals surface area contributed by atoms with E-state index in [-0.39, 0.29) is 0 Å². The van der Waals surface area contributed by atoms with Crippen molar-refractivity contribution in [2.75, 3.05) is 23.9 Å². The van der Waals surface area contributed by atoms with E-state index in [9.17, 15) is 5.26 Å². The van der Waals surface area contributed by atoms with E-state index < -0.39 is 0 Å². The number of thiophene rings is 1. The summed E-state index contributed by atoms with van der Waals surface area (Å²) in [6.07, 6.45) is 8.78. The van der Waals surface area contributed by atoms with Crippen molar-refractivity contribution >= 4 is 56.1 Å². The highest BCUT2D eigenvalue weighted by molar-refractivity contribution is 7.18. The number of hydrogen-bond donors (Lipinski definition) is 0. The van der Waals surface area contributed by atoms with Crippen LogP contribution in [0.5, 0.6) is 0 Å². The molecule has 8 rings (SSSR count). The van der Waals surface area contributed by atoms with Crippen LogP contribution in [-0.4, -0.2) is 24.4 Å². The first-order valence-corrected chi connectivity index (χ1v) is 19.1. The van der Waals surface area contributed by atoms with Crippen molar-refractivity contribution in [1.82, 2.24) is 0 Å². The second-order valence-electron chi connectivity index (χ2n) is 13.2. The van der Waals surface area contributed by atoms with Gasteiger partial charge in [0.25, 0.3) is 0 Å². The first-order chi connectivity index (χ1) is 27.1. The Morgan fingerprint density at radius 2 is 1.04 bits per heavy atom. The van der Waals surface area contributed by atoms with Crippen molar-refractivity contribution < 1.29 is 4.58 Å². The lowest BCUT2D eigenvalue weighted by Crippen LogP contribution is -2.10. The Morgan fingerprint density at radius 3 is 1.56 bits per heavy atom. The molecule has 0 bridgehead atoms. The van der Waals surface area contributed by atoms with E-state index in [1.54, 1.807) is 11.3 Å². The van der Waals surface area contributed by atoms with E-state index in [1.165, 1.54) is 0 Å². The van der Waals surface area contributed by atoms with Crippen LogP contribution >= 0.6 is 11.3 Å². The van der Waals surface area contributed by atoms with Crippen molar-refractivity contribution in [2.45, 2.75) is 0 Å². The smallest absolute Gasteiger partial charge is 0.205 e. The summed E-state index contributed by atoms with van der Waals surface area (Å²) in [6, 6.07) is 63.2. The number of nitriles is 1. The molecule has 264 valence electrons. The van der Waals surface area contributed by atoms with Gasteiger partial charge in [0.2, 0.25) is 11.4 Å². The number of para-hydroxylation sites is 4. The topological polar surface area (TPSA) is 33.3 Å². The van der Waals surface area contributed by atoms with Crippen molar-refractivity contribution in [3.05, 3.63) is 222 Å². The minimum atomic E-state index is 0.636. The molecule has 1 aliphatic rings. The average molecular weight is 728 g/mol. The highest BCUT2D eigenvalue weighted by Gasteiger charge is 2.29. The number of hydrogen-bond acceptors (Lipinski definition) is 4. The monoisotopic (exact) mass is 727 g/mol. The van der Waals surface area contributed by atoms with Crippen molar-refractivity contribution in [2.24, 2.45) is 0 Å². The van der Waals surface area contributed by atoms with Crippen LogP contribution in [0.4, 0.5) is 33.4 Å². The Morgan fingerprint density at radius 1 is 0.564 bits per heavy atom. The van der Waals surface area contributed by atoms with E-state index in [0.29, 0.717) is 5.56 Å². The minimum Gasteiger partial charge on any atom is -0.345 e. The van der Waals surface area contributed by atoms with Crippen LogP contribution in [0.25, 0.3) is 16.7 Å². The van der Waals surface area contributed by atoms with Gasteiger partial charge in [-0.05, 0) is 77.4 Å². The SMILES string of the molecule is CN(c1ccccc1)c1ccc(C(=C2C=CC(=[N+](C)c3ccccc3)C=C2)c2sc(N(c3ccccc3)c3ccccc3)c(C#N)c2-c2ccccc2)cc1. The van der Waals surface area contributed by atoms with Gasteiger partial charge in [0.1, 0.15) is 18.1 Å². The third-order valence-corrected chi connectivity index (χ3v) is 11.1. The molecule has 0 spiro atoms. The van der Waals surface area contributed by atoms with Gasteiger partial charge in [-0.3, -0.25) is 0 Å². The largest absolute Gasteiger partial charge is 0.345 e. The molecule has 1 heterocycles. The molecular formula is C50H39N4S+. The summed E-state index contributed by atoms with van der Waals surface area (Å²) in [5.74, 6) is 0.